The Bertz CT molecular complexity index is 1090. The van der Waals surface area contributed by atoms with E-state index in [1.165, 1.54) is 23.9 Å². The van der Waals surface area contributed by atoms with E-state index >= 15 is 0 Å². The van der Waals surface area contributed by atoms with Crippen molar-refractivity contribution in [2.45, 2.75) is 40.2 Å². The Morgan fingerprint density at radius 2 is 1.93 bits per heavy atom. The third-order valence-electron chi connectivity index (χ3n) is 5.15. The Kier molecular flexibility index (Phi) is 5.42. The first-order valence-electron chi connectivity index (χ1n) is 9.22. The summed E-state index contributed by atoms with van der Waals surface area (Å²) in [7, 11) is 2.03. The van der Waals surface area contributed by atoms with E-state index in [0.29, 0.717) is 0 Å². The molecule has 0 spiro atoms. The molecule has 0 saturated heterocycles. The van der Waals surface area contributed by atoms with Gasteiger partial charge in [-0.1, -0.05) is 13.3 Å². The van der Waals surface area contributed by atoms with Crippen molar-refractivity contribution in [2.75, 3.05) is 5.32 Å². The van der Waals surface area contributed by atoms with Crippen molar-refractivity contribution in [1.82, 2.24) is 19.1 Å². The van der Waals surface area contributed by atoms with Gasteiger partial charge in [-0.15, -0.1) is 12.4 Å². The van der Waals surface area contributed by atoms with E-state index in [9.17, 15) is 0 Å². The van der Waals surface area contributed by atoms with Gasteiger partial charge in [0.25, 0.3) is 0 Å². The summed E-state index contributed by atoms with van der Waals surface area (Å²) in [5.41, 5.74) is 6.87. The molecule has 0 aliphatic heterocycles. The van der Waals surface area contributed by atoms with Crippen molar-refractivity contribution in [1.29, 1.82) is 0 Å². The largest absolute Gasteiger partial charge is 0.347 e. The molecule has 4 rings (SSSR count). The van der Waals surface area contributed by atoms with Crippen LogP contribution in [0.4, 0.5) is 11.5 Å². The summed E-state index contributed by atoms with van der Waals surface area (Å²) < 4.78 is 4.37. The highest BCUT2D eigenvalue weighted by Crippen LogP contribution is 2.32. The second kappa shape index (κ2) is 7.61. The van der Waals surface area contributed by atoms with Crippen LogP contribution >= 0.6 is 12.4 Å². The Balaban J connectivity index is 0.00000210. The van der Waals surface area contributed by atoms with Gasteiger partial charge in [0.15, 0.2) is 0 Å². The number of aromatic nitrogens is 4. The molecule has 0 amide bonds. The van der Waals surface area contributed by atoms with Crippen LogP contribution in [0.5, 0.6) is 0 Å². The Hall–Kier alpha value is -2.53. The topological polar surface area (TPSA) is 47.7 Å². The lowest BCUT2D eigenvalue weighted by Crippen LogP contribution is -2.01. The Morgan fingerprint density at radius 1 is 1.11 bits per heavy atom. The summed E-state index contributed by atoms with van der Waals surface area (Å²) in [6.07, 6.45) is 8.29. The van der Waals surface area contributed by atoms with Gasteiger partial charge in [-0.25, -0.2) is 9.97 Å². The van der Waals surface area contributed by atoms with E-state index in [2.05, 4.69) is 69.6 Å². The summed E-state index contributed by atoms with van der Waals surface area (Å²) in [6.45, 7) is 7.52. The number of hydrogen-bond acceptors (Lipinski definition) is 3. The average Bonchev–Trinajstić information content (AvgIpc) is 3.21. The summed E-state index contributed by atoms with van der Waals surface area (Å²) in [5.74, 6) is 0.902. The maximum Gasteiger partial charge on any atom is 0.139 e. The predicted octanol–water partition coefficient (Wildman–Crippen LogP) is 5.51. The van der Waals surface area contributed by atoms with Gasteiger partial charge in [0.05, 0.1) is 22.9 Å². The molecule has 0 unspecified atom stereocenters. The molecule has 3 aromatic heterocycles. The standard InChI is InChI=1S/C21H25N5.ClH/c1-5-6-10-26-11-8-16-17(26)7-9-22-21(16)24-19-14(2)12-18-20(15(19)3)23-13-25(18)4;/h7-9,11-13H,5-6,10H2,1-4H3,(H,22,24);1H. The molecule has 0 fully saturated rings. The van der Waals surface area contributed by atoms with Crippen molar-refractivity contribution < 1.29 is 0 Å². The zero-order chi connectivity index (χ0) is 18.3. The summed E-state index contributed by atoms with van der Waals surface area (Å²) in [6, 6.07) is 6.44. The Labute approximate surface area is 165 Å². The lowest BCUT2D eigenvalue weighted by Gasteiger charge is -2.14. The maximum absolute atomic E-state index is 4.61. The van der Waals surface area contributed by atoms with Gasteiger partial charge in [0.1, 0.15) is 5.82 Å². The summed E-state index contributed by atoms with van der Waals surface area (Å²) in [4.78, 5) is 9.17. The normalized spacial score (nSPS) is 11.1. The monoisotopic (exact) mass is 383 g/mol. The fraction of sp³-hybridized carbons (Fsp3) is 0.333. The number of aryl methyl sites for hydroxylation is 4. The minimum absolute atomic E-state index is 0. The highest BCUT2D eigenvalue weighted by atomic mass is 35.5. The lowest BCUT2D eigenvalue weighted by molar-refractivity contribution is 0.650. The Morgan fingerprint density at radius 3 is 2.70 bits per heavy atom. The predicted molar refractivity (Wildman–Crippen MR) is 115 cm³/mol. The molecular formula is C21H26ClN5. The average molecular weight is 384 g/mol. The van der Waals surface area contributed by atoms with Crippen LogP contribution in [0.25, 0.3) is 21.9 Å². The van der Waals surface area contributed by atoms with Gasteiger partial charge in [0, 0.05) is 42.6 Å². The molecule has 0 bridgehead atoms. The minimum atomic E-state index is 0. The number of hydrogen-bond donors (Lipinski definition) is 1. The first kappa shape index (κ1) is 19.2. The van der Waals surface area contributed by atoms with Crippen molar-refractivity contribution >= 4 is 45.8 Å². The molecule has 27 heavy (non-hydrogen) atoms. The first-order valence-corrected chi connectivity index (χ1v) is 9.22. The van der Waals surface area contributed by atoms with Crippen LogP contribution in [-0.2, 0) is 13.6 Å². The van der Waals surface area contributed by atoms with Gasteiger partial charge in [-0.2, -0.15) is 0 Å². The third kappa shape index (κ3) is 3.28. The van der Waals surface area contributed by atoms with Crippen LogP contribution in [0.2, 0.25) is 0 Å². The molecule has 0 aliphatic carbocycles. The quantitative estimate of drug-likeness (QED) is 0.494. The van der Waals surface area contributed by atoms with E-state index in [4.69, 9.17) is 0 Å². The number of rotatable bonds is 5. The summed E-state index contributed by atoms with van der Waals surface area (Å²) >= 11 is 0. The second-order valence-corrected chi connectivity index (χ2v) is 7.00. The second-order valence-electron chi connectivity index (χ2n) is 7.00. The number of nitrogens with zero attached hydrogens (tertiary/aromatic N) is 4. The van der Waals surface area contributed by atoms with E-state index < -0.39 is 0 Å². The van der Waals surface area contributed by atoms with Gasteiger partial charge >= 0.3 is 0 Å². The molecule has 1 aromatic carbocycles. The molecule has 0 radical (unpaired) electrons. The minimum Gasteiger partial charge on any atom is -0.347 e. The van der Waals surface area contributed by atoms with Crippen molar-refractivity contribution in [3.63, 3.8) is 0 Å². The van der Waals surface area contributed by atoms with Crippen LogP contribution in [0.15, 0.2) is 36.9 Å². The van der Waals surface area contributed by atoms with Crippen LogP contribution in [-0.4, -0.2) is 19.1 Å². The number of unbranched alkanes of at least 4 members (excludes halogenated alkanes) is 1. The number of imidazole rings is 1. The maximum atomic E-state index is 4.61. The van der Waals surface area contributed by atoms with Crippen LogP contribution in [0.1, 0.15) is 30.9 Å². The molecule has 5 nitrogen and oxygen atoms in total. The highest BCUT2D eigenvalue weighted by Gasteiger charge is 2.14. The van der Waals surface area contributed by atoms with E-state index in [1.807, 2.05) is 19.6 Å². The van der Waals surface area contributed by atoms with Crippen LogP contribution in [0.3, 0.4) is 0 Å². The van der Waals surface area contributed by atoms with Crippen molar-refractivity contribution in [2.24, 2.45) is 7.05 Å². The summed E-state index contributed by atoms with van der Waals surface area (Å²) in [5, 5.41) is 4.74. The van der Waals surface area contributed by atoms with E-state index in [-0.39, 0.29) is 12.4 Å². The van der Waals surface area contributed by atoms with Gasteiger partial charge in [0.2, 0.25) is 0 Å². The SMILES string of the molecule is CCCCn1ccc2c(Nc3c(C)cc4c(ncn4C)c3C)nccc21.Cl. The molecule has 0 aliphatic rings. The third-order valence-corrected chi connectivity index (χ3v) is 5.15. The zero-order valence-corrected chi connectivity index (χ0v) is 17.1. The van der Waals surface area contributed by atoms with Crippen LogP contribution < -0.4 is 5.32 Å². The number of benzene rings is 1. The molecule has 0 saturated carbocycles. The van der Waals surface area contributed by atoms with Crippen LogP contribution in [0, 0.1) is 13.8 Å². The zero-order valence-electron chi connectivity index (χ0n) is 16.3. The van der Waals surface area contributed by atoms with Crippen molar-refractivity contribution in [3.8, 4) is 0 Å². The molecule has 0 atom stereocenters. The van der Waals surface area contributed by atoms with E-state index in [0.717, 1.165) is 40.0 Å². The smallest absolute Gasteiger partial charge is 0.139 e. The molecule has 1 N–H and O–H groups in total. The molecular weight excluding hydrogens is 358 g/mol. The number of nitrogens with one attached hydrogen (secondary N) is 1. The fourth-order valence-electron chi connectivity index (χ4n) is 3.65. The number of anilines is 2. The van der Waals surface area contributed by atoms with Gasteiger partial charge in [-0.05, 0) is 44.0 Å². The number of pyridine rings is 1. The lowest BCUT2D eigenvalue weighted by atomic mass is 10.1. The van der Waals surface area contributed by atoms with Crippen molar-refractivity contribution in [3.05, 3.63) is 48.0 Å². The first-order chi connectivity index (χ1) is 12.6. The highest BCUT2D eigenvalue weighted by molar-refractivity contribution is 5.94. The van der Waals surface area contributed by atoms with E-state index in [1.54, 1.807) is 0 Å². The fourth-order valence-corrected chi connectivity index (χ4v) is 3.65. The molecule has 142 valence electrons. The van der Waals surface area contributed by atoms with Gasteiger partial charge < -0.3 is 14.5 Å². The molecule has 3 heterocycles. The molecule has 4 aromatic rings. The number of halogens is 1. The molecule has 6 heteroatoms. The van der Waals surface area contributed by atoms with Gasteiger partial charge in [-0.3, -0.25) is 0 Å². The number of fused-ring (bicyclic) bond motifs is 2.